The standard InChI is InChI=1S/C19H21FN2O4S/c1-13(15-7-9-17(20)10-8-15)21-19(24)12-22(27(3,25)26)18-6-4-5-16(11-18)14(2)23/h4-11,13H,12H2,1-3H3,(H,21,24). The maximum absolute atomic E-state index is 13.0. The van der Waals surface area contributed by atoms with Crippen LogP contribution in [-0.4, -0.2) is 32.9 Å². The molecule has 0 aliphatic heterocycles. The van der Waals surface area contributed by atoms with Crippen LogP contribution in [0.5, 0.6) is 0 Å². The number of hydrogen-bond donors (Lipinski definition) is 1. The van der Waals surface area contributed by atoms with E-state index in [4.69, 9.17) is 0 Å². The number of amides is 1. The van der Waals surface area contributed by atoms with Crippen molar-refractivity contribution in [3.05, 3.63) is 65.5 Å². The second-order valence-electron chi connectivity index (χ2n) is 6.22. The molecule has 1 amide bonds. The fourth-order valence-electron chi connectivity index (χ4n) is 2.53. The molecule has 6 nitrogen and oxygen atoms in total. The number of rotatable bonds is 7. The number of hydrogen-bond acceptors (Lipinski definition) is 4. The van der Waals surface area contributed by atoms with Crippen LogP contribution >= 0.6 is 0 Å². The van der Waals surface area contributed by atoms with E-state index >= 15 is 0 Å². The van der Waals surface area contributed by atoms with Crippen LogP contribution in [-0.2, 0) is 14.8 Å². The van der Waals surface area contributed by atoms with Gasteiger partial charge < -0.3 is 5.32 Å². The summed E-state index contributed by atoms with van der Waals surface area (Å²) in [6.45, 7) is 2.65. The van der Waals surface area contributed by atoms with Crippen LogP contribution in [0.1, 0.15) is 35.8 Å². The summed E-state index contributed by atoms with van der Waals surface area (Å²) in [6, 6.07) is 11.3. The van der Waals surface area contributed by atoms with Gasteiger partial charge in [0, 0.05) is 5.56 Å². The van der Waals surface area contributed by atoms with Gasteiger partial charge in [0.2, 0.25) is 15.9 Å². The second-order valence-corrected chi connectivity index (χ2v) is 8.12. The quantitative estimate of drug-likeness (QED) is 0.735. The minimum atomic E-state index is -3.75. The molecule has 0 bridgehead atoms. The first-order valence-electron chi connectivity index (χ1n) is 8.21. The van der Waals surface area contributed by atoms with Crippen molar-refractivity contribution in [1.29, 1.82) is 0 Å². The lowest BCUT2D eigenvalue weighted by Crippen LogP contribution is -2.41. The Morgan fingerprint density at radius 3 is 2.33 bits per heavy atom. The lowest BCUT2D eigenvalue weighted by molar-refractivity contribution is -0.120. The average Bonchev–Trinajstić information content (AvgIpc) is 2.59. The third-order valence-corrected chi connectivity index (χ3v) is 5.12. The summed E-state index contributed by atoms with van der Waals surface area (Å²) in [7, 11) is -3.75. The van der Waals surface area contributed by atoms with Crippen LogP contribution in [0.2, 0.25) is 0 Å². The molecule has 0 aliphatic rings. The minimum absolute atomic E-state index is 0.209. The smallest absolute Gasteiger partial charge is 0.241 e. The van der Waals surface area contributed by atoms with E-state index < -0.39 is 28.5 Å². The van der Waals surface area contributed by atoms with Gasteiger partial charge in [0.05, 0.1) is 18.0 Å². The normalized spacial score (nSPS) is 12.3. The first-order chi connectivity index (χ1) is 12.6. The maximum Gasteiger partial charge on any atom is 0.241 e. The minimum Gasteiger partial charge on any atom is -0.348 e. The van der Waals surface area contributed by atoms with E-state index in [9.17, 15) is 22.4 Å². The molecule has 0 aliphatic carbocycles. The molecular weight excluding hydrogens is 371 g/mol. The Kier molecular flexibility index (Phi) is 6.32. The zero-order valence-electron chi connectivity index (χ0n) is 15.3. The van der Waals surface area contributed by atoms with Crippen molar-refractivity contribution in [2.45, 2.75) is 19.9 Å². The molecule has 1 unspecified atom stereocenters. The monoisotopic (exact) mass is 392 g/mol. The molecule has 1 N–H and O–H groups in total. The lowest BCUT2D eigenvalue weighted by Gasteiger charge is -2.23. The fraction of sp³-hybridized carbons (Fsp3) is 0.263. The summed E-state index contributed by atoms with van der Waals surface area (Å²) in [6.07, 6.45) is 0.990. The van der Waals surface area contributed by atoms with Gasteiger partial charge in [-0.1, -0.05) is 24.3 Å². The number of nitrogens with zero attached hydrogens (tertiary/aromatic N) is 1. The number of Topliss-reactive ketones (excluding diaryl/α,β-unsaturated/α-hetero) is 1. The van der Waals surface area contributed by atoms with Gasteiger partial charge in [0.1, 0.15) is 12.4 Å². The molecule has 0 saturated heterocycles. The molecule has 1 atom stereocenters. The van der Waals surface area contributed by atoms with Gasteiger partial charge >= 0.3 is 0 Å². The van der Waals surface area contributed by atoms with E-state index in [0.717, 1.165) is 10.6 Å². The summed E-state index contributed by atoms with van der Waals surface area (Å²) in [5, 5.41) is 2.69. The Labute approximate surface area is 158 Å². The summed E-state index contributed by atoms with van der Waals surface area (Å²) >= 11 is 0. The Hall–Kier alpha value is -2.74. The van der Waals surface area contributed by atoms with Crippen LogP contribution < -0.4 is 9.62 Å². The van der Waals surface area contributed by atoms with E-state index in [2.05, 4.69) is 5.32 Å². The zero-order chi connectivity index (χ0) is 20.2. The number of carbonyl (C=O) groups excluding carboxylic acids is 2. The van der Waals surface area contributed by atoms with Gasteiger partial charge in [-0.15, -0.1) is 0 Å². The molecule has 2 aromatic rings. The highest BCUT2D eigenvalue weighted by molar-refractivity contribution is 7.92. The van der Waals surface area contributed by atoms with E-state index in [1.807, 2.05) is 0 Å². The number of ketones is 1. The van der Waals surface area contributed by atoms with Crippen LogP contribution in [0.15, 0.2) is 48.5 Å². The number of sulfonamides is 1. The van der Waals surface area contributed by atoms with Crippen molar-refractivity contribution in [3.63, 3.8) is 0 Å². The van der Waals surface area contributed by atoms with Crippen LogP contribution in [0, 0.1) is 5.82 Å². The van der Waals surface area contributed by atoms with Crippen molar-refractivity contribution >= 4 is 27.4 Å². The average molecular weight is 392 g/mol. The predicted molar refractivity (Wildman–Crippen MR) is 102 cm³/mol. The third kappa shape index (κ3) is 5.62. The van der Waals surface area contributed by atoms with E-state index in [0.29, 0.717) is 11.1 Å². The van der Waals surface area contributed by atoms with Crippen molar-refractivity contribution in [1.82, 2.24) is 5.32 Å². The molecule has 144 valence electrons. The Balaban J connectivity index is 2.19. The van der Waals surface area contributed by atoms with Crippen molar-refractivity contribution in [2.24, 2.45) is 0 Å². The fourth-order valence-corrected chi connectivity index (χ4v) is 3.38. The van der Waals surface area contributed by atoms with E-state index in [1.54, 1.807) is 31.2 Å². The SMILES string of the molecule is CC(=O)c1cccc(N(CC(=O)NC(C)c2ccc(F)cc2)S(C)(=O)=O)c1. The third-order valence-electron chi connectivity index (χ3n) is 3.98. The molecular formula is C19H21FN2O4S. The largest absolute Gasteiger partial charge is 0.348 e. The summed E-state index contributed by atoms with van der Waals surface area (Å²) < 4.78 is 38.3. The first kappa shape index (κ1) is 20.6. The summed E-state index contributed by atoms with van der Waals surface area (Å²) in [4.78, 5) is 23.9. The second kappa shape index (κ2) is 8.30. The maximum atomic E-state index is 13.0. The Morgan fingerprint density at radius 1 is 1.15 bits per heavy atom. The van der Waals surface area contributed by atoms with Crippen LogP contribution in [0.25, 0.3) is 0 Å². The molecule has 2 rings (SSSR count). The number of anilines is 1. The number of benzene rings is 2. The van der Waals surface area contributed by atoms with Crippen molar-refractivity contribution in [2.75, 3.05) is 17.1 Å². The van der Waals surface area contributed by atoms with Gasteiger partial charge in [0.25, 0.3) is 0 Å². The Morgan fingerprint density at radius 2 is 1.78 bits per heavy atom. The van der Waals surface area contributed by atoms with Gasteiger partial charge in [0.15, 0.2) is 5.78 Å². The highest BCUT2D eigenvalue weighted by atomic mass is 32.2. The molecule has 0 radical (unpaired) electrons. The van der Waals surface area contributed by atoms with Crippen LogP contribution in [0.4, 0.5) is 10.1 Å². The molecule has 2 aromatic carbocycles. The van der Waals surface area contributed by atoms with Crippen molar-refractivity contribution in [3.8, 4) is 0 Å². The number of nitrogens with one attached hydrogen (secondary N) is 1. The first-order valence-corrected chi connectivity index (χ1v) is 10.1. The van der Waals surface area contributed by atoms with E-state index in [1.165, 1.54) is 31.2 Å². The highest BCUT2D eigenvalue weighted by Crippen LogP contribution is 2.20. The zero-order valence-corrected chi connectivity index (χ0v) is 16.1. The van der Waals surface area contributed by atoms with Gasteiger partial charge in [-0.3, -0.25) is 13.9 Å². The summed E-state index contributed by atoms with van der Waals surface area (Å²) in [5.41, 5.74) is 1.27. The predicted octanol–water partition coefficient (Wildman–Crippen LogP) is 2.67. The molecule has 0 aromatic heterocycles. The Bertz CT molecular complexity index is 942. The molecule has 8 heteroatoms. The van der Waals surface area contributed by atoms with Crippen molar-refractivity contribution < 1.29 is 22.4 Å². The molecule has 0 spiro atoms. The number of carbonyl (C=O) groups is 2. The number of halogens is 1. The van der Waals surface area contributed by atoms with E-state index in [-0.39, 0.29) is 17.3 Å². The molecule has 0 fully saturated rings. The summed E-state index contributed by atoms with van der Waals surface area (Å²) in [5.74, 6) is -1.11. The van der Waals surface area contributed by atoms with Gasteiger partial charge in [-0.05, 0) is 43.7 Å². The van der Waals surface area contributed by atoms with Crippen LogP contribution in [0.3, 0.4) is 0 Å². The molecule has 0 heterocycles. The van der Waals surface area contributed by atoms with Gasteiger partial charge in [-0.2, -0.15) is 0 Å². The topological polar surface area (TPSA) is 83.6 Å². The van der Waals surface area contributed by atoms with Gasteiger partial charge in [-0.25, -0.2) is 12.8 Å². The highest BCUT2D eigenvalue weighted by Gasteiger charge is 2.22. The molecule has 27 heavy (non-hydrogen) atoms. The lowest BCUT2D eigenvalue weighted by atomic mass is 10.1. The molecule has 0 saturated carbocycles.